The number of aryl methyl sites for hydroxylation is 1. The molecule has 2 rings (SSSR count). The van der Waals surface area contributed by atoms with Crippen LogP contribution in [0.2, 0.25) is 0 Å². The Morgan fingerprint density at radius 2 is 2.43 bits per heavy atom. The van der Waals surface area contributed by atoms with Crippen molar-refractivity contribution in [3.8, 4) is 0 Å². The van der Waals surface area contributed by atoms with E-state index >= 15 is 0 Å². The summed E-state index contributed by atoms with van der Waals surface area (Å²) >= 11 is 0. The van der Waals surface area contributed by atoms with Crippen molar-refractivity contribution in [3.63, 3.8) is 0 Å². The molecule has 0 bridgehead atoms. The summed E-state index contributed by atoms with van der Waals surface area (Å²) in [4.78, 5) is 10.7. The minimum absolute atomic E-state index is 0.462. The number of rotatable bonds is 2. The zero-order valence-corrected chi connectivity index (χ0v) is 8.48. The molecule has 0 aromatic carbocycles. The summed E-state index contributed by atoms with van der Waals surface area (Å²) < 4.78 is 0. The van der Waals surface area contributed by atoms with Gasteiger partial charge in [0.15, 0.2) is 0 Å². The number of hydrogen-bond donors (Lipinski definition) is 1. The van der Waals surface area contributed by atoms with Gasteiger partial charge in [-0.05, 0) is 19.8 Å². The third-order valence-corrected chi connectivity index (χ3v) is 2.73. The number of hydrogen-bond acceptors (Lipinski definition) is 4. The first kappa shape index (κ1) is 9.40. The van der Waals surface area contributed by atoms with Crippen LogP contribution in [0.1, 0.15) is 18.5 Å². The van der Waals surface area contributed by atoms with Crippen molar-refractivity contribution in [1.29, 1.82) is 0 Å². The van der Waals surface area contributed by atoms with Crippen LogP contribution in [0.25, 0.3) is 0 Å². The van der Waals surface area contributed by atoms with Crippen molar-refractivity contribution in [2.75, 3.05) is 18.0 Å². The summed E-state index contributed by atoms with van der Waals surface area (Å²) in [5.74, 6) is 1.02. The van der Waals surface area contributed by atoms with Gasteiger partial charge in [-0.1, -0.05) is 0 Å². The summed E-state index contributed by atoms with van der Waals surface area (Å²) in [7, 11) is 0. The van der Waals surface area contributed by atoms with Crippen molar-refractivity contribution < 1.29 is 0 Å². The molecule has 0 radical (unpaired) electrons. The van der Waals surface area contributed by atoms with Gasteiger partial charge in [0, 0.05) is 30.9 Å². The molecule has 76 valence electrons. The molecule has 1 saturated heterocycles. The summed E-state index contributed by atoms with van der Waals surface area (Å²) in [6.07, 6.45) is 4.01. The van der Waals surface area contributed by atoms with E-state index in [0.717, 1.165) is 18.1 Å². The summed E-state index contributed by atoms with van der Waals surface area (Å²) in [6, 6.07) is 2.48. The van der Waals surface area contributed by atoms with E-state index in [9.17, 15) is 0 Å². The van der Waals surface area contributed by atoms with E-state index in [1.54, 1.807) is 6.33 Å². The molecule has 0 saturated carbocycles. The Kier molecular flexibility index (Phi) is 2.63. The predicted octanol–water partition coefficient (Wildman–Crippen LogP) is 0.713. The lowest BCUT2D eigenvalue weighted by atomic mass is 10.2. The maximum atomic E-state index is 5.71. The van der Waals surface area contributed by atoms with Gasteiger partial charge in [0.2, 0.25) is 0 Å². The van der Waals surface area contributed by atoms with Crippen molar-refractivity contribution in [2.45, 2.75) is 25.8 Å². The average Bonchev–Trinajstić information content (AvgIpc) is 2.65. The predicted molar refractivity (Wildman–Crippen MR) is 56.2 cm³/mol. The van der Waals surface area contributed by atoms with Gasteiger partial charge >= 0.3 is 0 Å². The number of anilines is 1. The smallest absolute Gasteiger partial charge is 0.132 e. The lowest BCUT2D eigenvalue weighted by molar-refractivity contribution is 0.670. The second-order valence-corrected chi connectivity index (χ2v) is 3.74. The molecule has 4 heteroatoms. The third kappa shape index (κ3) is 1.70. The molecule has 1 aliphatic rings. The molecule has 0 spiro atoms. The van der Waals surface area contributed by atoms with Gasteiger partial charge in [-0.25, -0.2) is 9.97 Å². The number of aromatic nitrogens is 2. The van der Waals surface area contributed by atoms with E-state index in [2.05, 4.69) is 14.9 Å². The first-order valence-electron chi connectivity index (χ1n) is 5.06. The second kappa shape index (κ2) is 3.92. The second-order valence-electron chi connectivity index (χ2n) is 3.74. The van der Waals surface area contributed by atoms with E-state index in [1.165, 1.54) is 12.8 Å². The molecule has 1 aliphatic heterocycles. The Balaban J connectivity index is 2.21. The van der Waals surface area contributed by atoms with E-state index in [-0.39, 0.29) is 0 Å². The van der Waals surface area contributed by atoms with Gasteiger partial charge < -0.3 is 10.6 Å². The number of nitrogens with two attached hydrogens (primary N) is 1. The highest BCUT2D eigenvalue weighted by Crippen LogP contribution is 2.22. The monoisotopic (exact) mass is 192 g/mol. The summed E-state index contributed by atoms with van der Waals surface area (Å²) in [6.45, 7) is 3.76. The van der Waals surface area contributed by atoms with Gasteiger partial charge in [-0.3, -0.25) is 0 Å². The van der Waals surface area contributed by atoms with E-state index < -0.39 is 0 Å². The first-order chi connectivity index (χ1) is 6.81. The SMILES string of the molecule is Cc1cc(N2CCCC2CN)ncn1. The quantitative estimate of drug-likeness (QED) is 0.750. The van der Waals surface area contributed by atoms with Gasteiger partial charge in [-0.2, -0.15) is 0 Å². The van der Waals surface area contributed by atoms with Crippen LogP contribution in [0.4, 0.5) is 5.82 Å². The van der Waals surface area contributed by atoms with Crippen molar-refractivity contribution in [3.05, 3.63) is 18.1 Å². The molecule has 0 aliphatic carbocycles. The largest absolute Gasteiger partial charge is 0.352 e. The molecule has 1 unspecified atom stereocenters. The molecular formula is C10H16N4. The lowest BCUT2D eigenvalue weighted by Gasteiger charge is -2.24. The van der Waals surface area contributed by atoms with E-state index in [0.29, 0.717) is 12.6 Å². The fourth-order valence-corrected chi connectivity index (χ4v) is 1.98. The fraction of sp³-hybridized carbons (Fsp3) is 0.600. The van der Waals surface area contributed by atoms with Crippen molar-refractivity contribution in [1.82, 2.24) is 9.97 Å². The van der Waals surface area contributed by atoms with Crippen LogP contribution >= 0.6 is 0 Å². The highest BCUT2D eigenvalue weighted by atomic mass is 15.2. The maximum absolute atomic E-state index is 5.71. The summed E-state index contributed by atoms with van der Waals surface area (Å²) in [5, 5.41) is 0. The third-order valence-electron chi connectivity index (χ3n) is 2.73. The average molecular weight is 192 g/mol. The molecule has 4 nitrogen and oxygen atoms in total. The molecule has 1 aromatic rings. The molecule has 2 heterocycles. The Bertz CT molecular complexity index is 313. The van der Waals surface area contributed by atoms with Crippen LogP contribution in [-0.2, 0) is 0 Å². The maximum Gasteiger partial charge on any atom is 0.132 e. The van der Waals surface area contributed by atoms with E-state index in [1.807, 2.05) is 13.0 Å². The van der Waals surface area contributed by atoms with Crippen LogP contribution in [0.5, 0.6) is 0 Å². The Morgan fingerprint density at radius 3 is 3.14 bits per heavy atom. The van der Waals surface area contributed by atoms with Gasteiger partial charge in [0.05, 0.1) is 0 Å². The summed E-state index contributed by atoms with van der Waals surface area (Å²) in [5.41, 5.74) is 6.73. The minimum atomic E-state index is 0.462. The van der Waals surface area contributed by atoms with Crippen molar-refractivity contribution in [2.24, 2.45) is 5.73 Å². The fourth-order valence-electron chi connectivity index (χ4n) is 1.98. The Hall–Kier alpha value is -1.16. The minimum Gasteiger partial charge on any atom is -0.352 e. The zero-order valence-electron chi connectivity index (χ0n) is 8.48. The number of nitrogens with zero attached hydrogens (tertiary/aromatic N) is 3. The highest BCUT2D eigenvalue weighted by molar-refractivity contribution is 5.41. The van der Waals surface area contributed by atoms with Crippen LogP contribution in [0.3, 0.4) is 0 Å². The molecule has 1 atom stereocenters. The molecule has 14 heavy (non-hydrogen) atoms. The molecule has 0 amide bonds. The highest BCUT2D eigenvalue weighted by Gasteiger charge is 2.24. The lowest BCUT2D eigenvalue weighted by Crippen LogP contribution is -2.35. The van der Waals surface area contributed by atoms with Crippen LogP contribution in [0, 0.1) is 6.92 Å². The van der Waals surface area contributed by atoms with Crippen molar-refractivity contribution >= 4 is 5.82 Å². The Labute approximate surface area is 84.2 Å². The Morgan fingerprint density at radius 1 is 1.57 bits per heavy atom. The van der Waals surface area contributed by atoms with Crippen LogP contribution < -0.4 is 10.6 Å². The zero-order chi connectivity index (χ0) is 9.97. The van der Waals surface area contributed by atoms with Gasteiger partial charge in [-0.15, -0.1) is 0 Å². The molecule has 2 N–H and O–H groups in total. The molecule has 1 fully saturated rings. The van der Waals surface area contributed by atoms with E-state index in [4.69, 9.17) is 5.73 Å². The normalized spacial score (nSPS) is 21.6. The topological polar surface area (TPSA) is 55.0 Å². The van der Waals surface area contributed by atoms with Gasteiger partial charge in [0.1, 0.15) is 12.1 Å². The van der Waals surface area contributed by atoms with Crippen LogP contribution in [0.15, 0.2) is 12.4 Å². The standard InChI is InChI=1S/C10H16N4/c1-8-5-10(13-7-12-8)14-4-2-3-9(14)6-11/h5,7,9H,2-4,6,11H2,1H3. The van der Waals surface area contributed by atoms with Gasteiger partial charge in [0.25, 0.3) is 0 Å². The molecule has 1 aromatic heterocycles. The first-order valence-corrected chi connectivity index (χ1v) is 5.06. The molecular weight excluding hydrogens is 176 g/mol. The van der Waals surface area contributed by atoms with Crippen LogP contribution in [-0.4, -0.2) is 29.1 Å².